The molecule has 0 radical (unpaired) electrons. The van der Waals surface area contributed by atoms with Gasteiger partial charge >= 0.3 is 0 Å². The first-order valence-electron chi connectivity index (χ1n) is 6.25. The number of anilines is 1. The van der Waals surface area contributed by atoms with E-state index in [1.165, 1.54) is 5.56 Å². The van der Waals surface area contributed by atoms with Crippen LogP contribution in [-0.2, 0) is 11.2 Å². The summed E-state index contributed by atoms with van der Waals surface area (Å²) in [6.45, 7) is 5.81. The van der Waals surface area contributed by atoms with Crippen LogP contribution in [0.5, 0.6) is 0 Å². The zero-order valence-corrected chi connectivity index (χ0v) is 11.0. The number of amides is 1. The average Bonchev–Trinajstić information content (AvgIpc) is 2.38. The standard InChI is InChI=1S/C14H22N2O/c1-4-12-6-8-13(9-7-12)16(3)14(17)10-11-15-5-2/h6-9,15H,4-5,10-11H2,1-3H3. The Kier molecular flexibility index (Phi) is 5.70. The molecule has 1 amide bonds. The molecule has 0 bridgehead atoms. The maximum absolute atomic E-state index is 11.9. The predicted octanol–water partition coefficient (Wildman–Crippen LogP) is 2.21. The maximum atomic E-state index is 11.9. The minimum Gasteiger partial charge on any atom is -0.316 e. The fraction of sp³-hybridized carbons (Fsp3) is 0.500. The number of aryl methyl sites for hydroxylation is 1. The molecule has 0 spiro atoms. The number of carbonyl (C=O) groups is 1. The number of hydrogen-bond acceptors (Lipinski definition) is 2. The third-order valence-corrected chi connectivity index (χ3v) is 2.87. The Morgan fingerprint density at radius 2 is 1.88 bits per heavy atom. The van der Waals surface area contributed by atoms with E-state index < -0.39 is 0 Å². The van der Waals surface area contributed by atoms with Crippen molar-refractivity contribution in [3.05, 3.63) is 29.8 Å². The summed E-state index contributed by atoms with van der Waals surface area (Å²) in [4.78, 5) is 13.6. The number of nitrogens with one attached hydrogen (secondary N) is 1. The molecule has 0 aliphatic heterocycles. The molecule has 0 aromatic heterocycles. The van der Waals surface area contributed by atoms with Crippen molar-refractivity contribution in [1.82, 2.24) is 5.32 Å². The van der Waals surface area contributed by atoms with Crippen LogP contribution in [0.15, 0.2) is 24.3 Å². The van der Waals surface area contributed by atoms with E-state index in [1.54, 1.807) is 4.90 Å². The van der Waals surface area contributed by atoms with Gasteiger partial charge in [0.05, 0.1) is 0 Å². The Hall–Kier alpha value is -1.35. The van der Waals surface area contributed by atoms with Crippen LogP contribution in [0, 0.1) is 0 Å². The number of rotatable bonds is 6. The lowest BCUT2D eigenvalue weighted by molar-refractivity contribution is -0.118. The van der Waals surface area contributed by atoms with Crippen molar-refractivity contribution in [2.24, 2.45) is 0 Å². The summed E-state index contributed by atoms with van der Waals surface area (Å²) in [6, 6.07) is 8.15. The third-order valence-electron chi connectivity index (χ3n) is 2.87. The molecule has 1 aromatic carbocycles. The fourth-order valence-electron chi connectivity index (χ4n) is 1.64. The fourth-order valence-corrected chi connectivity index (χ4v) is 1.64. The summed E-state index contributed by atoms with van der Waals surface area (Å²) in [7, 11) is 1.83. The minimum absolute atomic E-state index is 0.148. The summed E-state index contributed by atoms with van der Waals surface area (Å²) >= 11 is 0. The molecule has 0 fully saturated rings. The largest absolute Gasteiger partial charge is 0.316 e. The molecule has 3 nitrogen and oxygen atoms in total. The Morgan fingerprint density at radius 3 is 2.41 bits per heavy atom. The van der Waals surface area contributed by atoms with Gasteiger partial charge in [0.25, 0.3) is 0 Å². The number of benzene rings is 1. The molecule has 0 aliphatic rings. The van der Waals surface area contributed by atoms with Crippen molar-refractivity contribution in [2.75, 3.05) is 25.0 Å². The van der Waals surface area contributed by atoms with Gasteiger partial charge in [0.1, 0.15) is 0 Å². The molecule has 0 saturated heterocycles. The second-order valence-corrected chi connectivity index (χ2v) is 4.08. The van der Waals surface area contributed by atoms with Gasteiger partial charge in [-0.25, -0.2) is 0 Å². The van der Waals surface area contributed by atoms with E-state index in [-0.39, 0.29) is 5.91 Å². The number of carbonyl (C=O) groups excluding carboxylic acids is 1. The van der Waals surface area contributed by atoms with Crippen LogP contribution < -0.4 is 10.2 Å². The van der Waals surface area contributed by atoms with Crippen molar-refractivity contribution < 1.29 is 4.79 Å². The van der Waals surface area contributed by atoms with Crippen molar-refractivity contribution in [2.45, 2.75) is 26.7 Å². The molecule has 0 saturated carbocycles. The van der Waals surface area contributed by atoms with E-state index >= 15 is 0 Å². The zero-order valence-electron chi connectivity index (χ0n) is 11.0. The Labute approximate surface area is 104 Å². The highest BCUT2D eigenvalue weighted by Gasteiger charge is 2.09. The minimum atomic E-state index is 0.148. The van der Waals surface area contributed by atoms with Gasteiger partial charge in [-0.05, 0) is 30.7 Å². The Bertz CT molecular complexity index is 346. The molecule has 17 heavy (non-hydrogen) atoms. The molecule has 1 aromatic rings. The van der Waals surface area contributed by atoms with Gasteiger partial charge < -0.3 is 10.2 Å². The number of hydrogen-bond donors (Lipinski definition) is 1. The predicted molar refractivity (Wildman–Crippen MR) is 72.4 cm³/mol. The summed E-state index contributed by atoms with van der Waals surface area (Å²) in [5.74, 6) is 0.148. The summed E-state index contributed by atoms with van der Waals surface area (Å²) in [5, 5.41) is 3.16. The smallest absolute Gasteiger partial charge is 0.227 e. The van der Waals surface area contributed by atoms with E-state index in [9.17, 15) is 4.79 Å². The lowest BCUT2D eigenvalue weighted by Crippen LogP contribution is -2.29. The van der Waals surface area contributed by atoms with Crippen LogP contribution in [0.2, 0.25) is 0 Å². The highest BCUT2D eigenvalue weighted by Crippen LogP contribution is 2.14. The van der Waals surface area contributed by atoms with Gasteiger partial charge in [-0.2, -0.15) is 0 Å². The highest BCUT2D eigenvalue weighted by atomic mass is 16.2. The SMILES string of the molecule is CCNCCC(=O)N(C)c1ccc(CC)cc1. The van der Waals surface area contributed by atoms with Crippen LogP contribution in [0.1, 0.15) is 25.8 Å². The summed E-state index contributed by atoms with van der Waals surface area (Å²) in [6.07, 6.45) is 1.57. The molecule has 1 N–H and O–H groups in total. The molecule has 0 heterocycles. The molecule has 94 valence electrons. The first-order chi connectivity index (χ1) is 8.19. The van der Waals surface area contributed by atoms with Crippen LogP contribution in [0.25, 0.3) is 0 Å². The third kappa shape index (κ3) is 4.19. The van der Waals surface area contributed by atoms with Crippen molar-refractivity contribution in [3.8, 4) is 0 Å². The van der Waals surface area contributed by atoms with Crippen LogP contribution in [0.3, 0.4) is 0 Å². The van der Waals surface area contributed by atoms with Crippen LogP contribution >= 0.6 is 0 Å². The van der Waals surface area contributed by atoms with E-state index in [0.717, 1.165) is 25.2 Å². The molecular weight excluding hydrogens is 212 g/mol. The van der Waals surface area contributed by atoms with Crippen molar-refractivity contribution in [1.29, 1.82) is 0 Å². The van der Waals surface area contributed by atoms with Crippen LogP contribution in [0.4, 0.5) is 5.69 Å². The van der Waals surface area contributed by atoms with E-state index in [2.05, 4.69) is 24.4 Å². The highest BCUT2D eigenvalue weighted by molar-refractivity contribution is 5.92. The van der Waals surface area contributed by atoms with Crippen molar-refractivity contribution >= 4 is 11.6 Å². The first-order valence-corrected chi connectivity index (χ1v) is 6.25. The molecule has 0 atom stereocenters. The monoisotopic (exact) mass is 234 g/mol. The van der Waals surface area contributed by atoms with E-state index in [4.69, 9.17) is 0 Å². The second kappa shape index (κ2) is 7.07. The summed E-state index contributed by atoms with van der Waals surface area (Å²) < 4.78 is 0. The van der Waals surface area contributed by atoms with Gasteiger partial charge in [-0.1, -0.05) is 26.0 Å². The zero-order chi connectivity index (χ0) is 12.7. The van der Waals surface area contributed by atoms with Gasteiger partial charge in [-0.3, -0.25) is 4.79 Å². The van der Waals surface area contributed by atoms with E-state index in [0.29, 0.717) is 6.42 Å². The molecular formula is C14H22N2O. The molecule has 3 heteroatoms. The van der Waals surface area contributed by atoms with E-state index in [1.807, 2.05) is 26.1 Å². The van der Waals surface area contributed by atoms with Gasteiger partial charge in [-0.15, -0.1) is 0 Å². The lowest BCUT2D eigenvalue weighted by Gasteiger charge is -2.17. The molecule has 0 unspecified atom stereocenters. The second-order valence-electron chi connectivity index (χ2n) is 4.08. The van der Waals surface area contributed by atoms with Gasteiger partial charge in [0.15, 0.2) is 0 Å². The van der Waals surface area contributed by atoms with Gasteiger partial charge in [0, 0.05) is 25.7 Å². The quantitative estimate of drug-likeness (QED) is 0.765. The molecule has 1 rings (SSSR count). The Morgan fingerprint density at radius 1 is 1.24 bits per heavy atom. The molecule has 0 aliphatic carbocycles. The van der Waals surface area contributed by atoms with Crippen molar-refractivity contribution in [3.63, 3.8) is 0 Å². The number of nitrogens with zero attached hydrogens (tertiary/aromatic N) is 1. The van der Waals surface area contributed by atoms with Gasteiger partial charge in [0.2, 0.25) is 5.91 Å². The maximum Gasteiger partial charge on any atom is 0.227 e. The lowest BCUT2D eigenvalue weighted by atomic mass is 10.1. The Balaban J connectivity index is 2.55. The van der Waals surface area contributed by atoms with Crippen LogP contribution in [-0.4, -0.2) is 26.0 Å². The normalized spacial score (nSPS) is 10.3. The average molecular weight is 234 g/mol. The topological polar surface area (TPSA) is 32.3 Å². The summed E-state index contributed by atoms with van der Waals surface area (Å²) in [5.41, 5.74) is 2.26. The first kappa shape index (κ1) is 13.7.